The summed E-state index contributed by atoms with van der Waals surface area (Å²) in [6.45, 7) is 5.64. The maximum absolute atomic E-state index is 6.07. The van der Waals surface area contributed by atoms with Gasteiger partial charge in [-0.25, -0.2) is 0 Å². The number of hydrogen-bond donors (Lipinski definition) is 1. The largest absolute Gasteiger partial charge is 0.489 e. The van der Waals surface area contributed by atoms with Crippen LogP contribution in [0.25, 0.3) is 0 Å². The normalized spacial score (nSPS) is 16.2. The lowest BCUT2D eigenvalue weighted by Gasteiger charge is -2.26. The zero-order valence-corrected chi connectivity index (χ0v) is 10.4. The molecule has 0 saturated carbocycles. The molecule has 88 valence electrons. The third-order valence-corrected chi connectivity index (χ3v) is 3.51. The van der Waals surface area contributed by atoms with Crippen molar-refractivity contribution in [3.05, 3.63) is 18.2 Å². The molecule has 0 amide bonds. The van der Waals surface area contributed by atoms with Crippen molar-refractivity contribution in [1.29, 1.82) is 0 Å². The SMILES string of the molecule is CC(C)Oc1cccc(SC2COC2)c1N. The van der Waals surface area contributed by atoms with E-state index in [4.69, 9.17) is 15.2 Å². The molecule has 0 aliphatic carbocycles. The lowest BCUT2D eigenvalue weighted by atomic mass is 10.3. The van der Waals surface area contributed by atoms with Gasteiger partial charge in [-0.3, -0.25) is 0 Å². The molecule has 1 saturated heterocycles. The Morgan fingerprint density at radius 3 is 2.75 bits per heavy atom. The number of anilines is 1. The zero-order chi connectivity index (χ0) is 11.5. The van der Waals surface area contributed by atoms with Crippen molar-refractivity contribution in [1.82, 2.24) is 0 Å². The fourth-order valence-electron chi connectivity index (χ4n) is 1.45. The predicted octanol–water partition coefficient (Wildman–Crippen LogP) is 2.55. The summed E-state index contributed by atoms with van der Waals surface area (Å²) in [7, 11) is 0. The average Bonchev–Trinajstić information content (AvgIpc) is 2.16. The minimum Gasteiger partial charge on any atom is -0.489 e. The third kappa shape index (κ3) is 2.62. The Morgan fingerprint density at radius 1 is 1.44 bits per heavy atom. The molecule has 0 unspecified atom stereocenters. The molecule has 0 atom stereocenters. The standard InChI is InChI=1S/C12H17NO2S/c1-8(2)15-10-4-3-5-11(12(10)13)16-9-6-14-7-9/h3-5,8-9H,6-7,13H2,1-2H3. The van der Waals surface area contributed by atoms with Crippen molar-refractivity contribution in [3.63, 3.8) is 0 Å². The number of hydrogen-bond acceptors (Lipinski definition) is 4. The van der Waals surface area contributed by atoms with Crippen LogP contribution in [0.1, 0.15) is 13.8 Å². The van der Waals surface area contributed by atoms with E-state index in [-0.39, 0.29) is 6.10 Å². The minimum atomic E-state index is 0.148. The highest BCUT2D eigenvalue weighted by atomic mass is 32.2. The summed E-state index contributed by atoms with van der Waals surface area (Å²) in [5.74, 6) is 0.778. The quantitative estimate of drug-likeness (QED) is 0.820. The van der Waals surface area contributed by atoms with E-state index < -0.39 is 0 Å². The number of thioether (sulfide) groups is 1. The predicted molar refractivity (Wildman–Crippen MR) is 67.1 cm³/mol. The second-order valence-corrected chi connectivity index (χ2v) is 5.45. The van der Waals surface area contributed by atoms with Crippen molar-refractivity contribution in [2.45, 2.75) is 30.1 Å². The van der Waals surface area contributed by atoms with Crippen LogP contribution in [0.5, 0.6) is 5.75 Å². The van der Waals surface area contributed by atoms with Crippen LogP contribution in [0.3, 0.4) is 0 Å². The van der Waals surface area contributed by atoms with E-state index in [0.29, 0.717) is 5.25 Å². The molecule has 0 aromatic heterocycles. The molecule has 16 heavy (non-hydrogen) atoms. The molecule has 2 rings (SSSR count). The van der Waals surface area contributed by atoms with E-state index in [9.17, 15) is 0 Å². The van der Waals surface area contributed by atoms with Gasteiger partial charge in [0, 0.05) is 4.90 Å². The van der Waals surface area contributed by atoms with Crippen LogP contribution in [-0.2, 0) is 4.74 Å². The molecular formula is C12H17NO2S. The molecule has 0 bridgehead atoms. The van der Waals surface area contributed by atoms with Gasteiger partial charge in [-0.1, -0.05) is 6.07 Å². The van der Waals surface area contributed by atoms with Crippen LogP contribution in [0.4, 0.5) is 5.69 Å². The summed E-state index contributed by atoms with van der Waals surface area (Å²) in [5.41, 5.74) is 6.82. The Morgan fingerprint density at radius 2 is 2.19 bits per heavy atom. The highest BCUT2D eigenvalue weighted by molar-refractivity contribution is 8.00. The number of rotatable bonds is 4. The van der Waals surface area contributed by atoms with E-state index in [1.165, 1.54) is 0 Å². The number of nitrogens with two attached hydrogens (primary N) is 1. The number of para-hydroxylation sites is 1. The first kappa shape index (κ1) is 11.6. The molecule has 0 spiro atoms. The van der Waals surface area contributed by atoms with Gasteiger partial charge in [0.05, 0.1) is 30.3 Å². The Balaban J connectivity index is 2.11. The molecule has 3 nitrogen and oxygen atoms in total. The Bertz CT molecular complexity index is 364. The van der Waals surface area contributed by atoms with Crippen LogP contribution in [0.15, 0.2) is 23.1 Å². The fraction of sp³-hybridized carbons (Fsp3) is 0.500. The van der Waals surface area contributed by atoms with Crippen LogP contribution < -0.4 is 10.5 Å². The number of ether oxygens (including phenoxy) is 2. The molecule has 4 heteroatoms. The summed E-state index contributed by atoms with van der Waals surface area (Å²) in [6.07, 6.45) is 0.148. The van der Waals surface area contributed by atoms with Crippen LogP contribution in [0, 0.1) is 0 Å². The van der Waals surface area contributed by atoms with Gasteiger partial charge in [0.1, 0.15) is 5.75 Å². The van der Waals surface area contributed by atoms with Gasteiger partial charge in [0.15, 0.2) is 0 Å². The maximum atomic E-state index is 6.07. The second kappa shape index (κ2) is 4.97. The van der Waals surface area contributed by atoms with Gasteiger partial charge in [-0.05, 0) is 26.0 Å². The van der Waals surface area contributed by atoms with Crippen molar-refractivity contribution < 1.29 is 9.47 Å². The molecule has 1 heterocycles. The molecular weight excluding hydrogens is 222 g/mol. The van der Waals surface area contributed by atoms with E-state index >= 15 is 0 Å². The van der Waals surface area contributed by atoms with Crippen molar-refractivity contribution >= 4 is 17.4 Å². The van der Waals surface area contributed by atoms with Gasteiger partial charge in [0.25, 0.3) is 0 Å². The second-order valence-electron chi connectivity index (χ2n) is 4.11. The molecule has 1 aromatic rings. The molecule has 2 N–H and O–H groups in total. The van der Waals surface area contributed by atoms with E-state index in [1.807, 2.05) is 32.0 Å². The Hall–Kier alpha value is -0.870. The maximum Gasteiger partial charge on any atom is 0.143 e. The zero-order valence-electron chi connectivity index (χ0n) is 9.60. The van der Waals surface area contributed by atoms with Gasteiger partial charge < -0.3 is 15.2 Å². The lowest BCUT2D eigenvalue weighted by molar-refractivity contribution is 0.0455. The van der Waals surface area contributed by atoms with Gasteiger partial charge in [0.2, 0.25) is 0 Å². The summed E-state index contributed by atoms with van der Waals surface area (Å²) in [6, 6.07) is 5.93. The summed E-state index contributed by atoms with van der Waals surface area (Å²) < 4.78 is 10.8. The third-order valence-electron chi connectivity index (χ3n) is 2.29. The number of benzene rings is 1. The average molecular weight is 239 g/mol. The van der Waals surface area contributed by atoms with Gasteiger partial charge >= 0.3 is 0 Å². The molecule has 1 fully saturated rings. The first-order valence-electron chi connectivity index (χ1n) is 5.46. The van der Waals surface area contributed by atoms with E-state index in [2.05, 4.69) is 0 Å². The molecule has 0 radical (unpaired) electrons. The monoisotopic (exact) mass is 239 g/mol. The Labute approximate surface area is 100 Å². The van der Waals surface area contributed by atoms with Crippen LogP contribution in [-0.4, -0.2) is 24.6 Å². The lowest BCUT2D eigenvalue weighted by Crippen LogP contribution is -2.30. The summed E-state index contributed by atoms with van der Waals surface area (Å²) >= 11 is 1.77. The molecule has 1 aromatic carbocycles. The number of nitrogen functional groups attached to an aromatic ring is 1. The van der Waals surface area contributed by atoms with Gasteiger partial charge in [-0.15, -0.1) is 11.8 Å². The smallest absolute Gasteiger partial charge is 0.143 e. The minimum absolute atomic E-state index is 0.148. The van der Waals surface area contributed by atoms with Crippen molar-refractivity contribution in [3.8, 4) is 5.75 Å². The van der Waals surface area contributed by atoms with Crippen LogP contribution >= 0.6 is 11.8 Å². The van der Waals surface area contributed by atoms with E-state index in [0.717, 1.165) is 29.5 Å². The summed E-state index contributed by atoms with van der Waals surface area (Å²) in [4.78, 5) is 1.09. The fourth-order valence-corrected chi connectivity index (χ4v) is 2.52. The van der Waals surface area contributed by atoms with Crippen molar-refractivity contribution in [2.75, 3.05) is 18.9 Å². The summed E-state index contributed by atoms with van der Waals surface area (Å²) in [5, 5.41) is 0.539. The highest BCUT2D eigenvalue weighted by Crippen LogP contribution is 2.37. The first-order chi connectivity index (χ1) is 7.66. The first-order valence-corrected chi connectivity index (χ1v) is 6.34. The Kier molecular flexibility index (Phi) is 3.61. The highest BCUT2D eigenvalue weighted by Gasteiger charge is 2.21. The van der Waals surface area contributed by atoms with Crippen molar-refractivity contribution in [2.24, 2.45) is 0 Å². The topological polar surface area (TPSA) is 44.5 Å². The van der Waals surface area contributed by atoms with E-state index in [1.54, 1.807) is 11.8 Å². The van der Waals surface area contributed by atoms with Crippen LogP contribution in [0.2, 0.25) is 0 Å². The molecule has 1 aliphatic rings. The van der Waals surface area contributed by atoms with Gasteiger partial charge in [-0.2, -0.15) is 0 Å². The molecule has 1 aliphatic heterocycles.